The van der Waals surface area contributed by atoms with E-state index in [1.54, 1.807) is 6.08 Å². The molecule has 0 saturated carbocycles. The molecule has 30 heavy (non-hydrogen) atoms. The van der Waals surface area contributed by atoms with Crippen LogP contribution in [0, 0.1) is 11.3 Å². The molecule has 1 amide bonds. The van der Waals surface area contributed by atoms with Crippen LogP contribution in [-0.4, -0.2) is 10.5 Å². The van der Waals surface area contributed by atoms with Gasteiger partial charge in [0.25, 0.3) is 0 Å². The highest BCUT2D eigenvalue weighted by Crippen LogP contribution is 2.25. The second-order valence-corrected chi connectivity index (χ2v) is 7.34. The molecule has 0 aliphatic heterocycles. The molecule has 4 rings (SSSR count). The Labute approximate surface area is 176 Å². The summed E-state index contributed by atoms with van der Waals surface area (Å²) in [6.07, 6.45) is 5.87. The van der Waals surface area contributed by atoms with Crippen LogP contribution in [0.1, 0.15) is 30.5 Å². The normalized spacial score (nSPS) is 12.3. The molecule has 0 aliphatic carbocycles. The van der Waals surface area contributed by atoms with Gasteiger partial charge in [-0.3, -0.25) is 4.79 Å². The lowest BCUT2D eigenvalue weighted by atomic mass is 10.00. The van der Waals surface area contributed by atoms with Crippen LogP contribution in [0.15, 0.2) is 79.0 Å². The van der Waals surface area contributed by atoms with Gasteiger partial charge in [-0.15, -0.1) is 0 Å². The number of benzene rings is 3. The van der Waals surface area contributed by atoms with Crippen molar-refractivity contribution in [1.29, 1.82) is 5.26 Å². The zero-order valence-corrected chi connectivity index (χ0v) is 16.9. The molecule has 0 fully saturated rings. The van der Waals surface area contributed by atoms with Gasteiger partial charge in [-0.05, 0) is 35.4 Å². The molecule has 0 aliphatic rings. The fourth-order valence-electron chi connectivity index (χ4n) is 3.90. The Morgan fingerprint density at radius 2 is 1.80 bits per heavy atom. The number of fused-ring (bicyclic) bond motifs is 2. The number of hydrogen-bond acceptors (Lipinski definition) is 2. The molecule has 1 atom stereocenters. The second kappa shape index (κ2) is 8.67. The molecular weight excluding hydrogens is 370 g/mol. The van der Waals surface area contributed by atoms with Crippen molar-refractivity contribution in [2.45, 2.75) is 25.9 Å². The molecule has 3 aromatic carbocycles. The van der Waals surface area contributed by atoms with Crippen LogP contribution in [0.2, 0.25) is 0 Å². The zero-order chi connectivity index (χ0) is 20.9. The molecule has 0 bridgehead atoms. The third-order valence-electron chi connectivity index (χ3n) is 5.35. The number of aryl methyl sites for hydroxylation is 1. The van der Waals surface area contributed by atoms with Crippen LogP contribution in [0.25, 0.3) is 27.8 Å². The van der Waals surface area contributed by atoms with E-state index in [2.05, 4.69) is 40.2 Å². The minimum atomic E-state index is -0.135. The van der Waals surface area contributed by atoms with Gasteiger partial charge in [0.1, 0.15) is 0 Å². The van der Waals surface area contributed by atoms with E-state index in [-0.39, 0.29) is 11.9 Å². The van der Waals surface area contributed by atoms with Crippen LogP contribution in [0.4, 0.5) is 0 Å². The number of para-hydroxylation sites is 1. The van der Waals surface area contributed by atoms with Gasteiger partial charge in [0, 0.05) is 35.3 Å². The number of carbonyl (C=O) groups excluding carboxylic acids is 1. The molecule has 148 valence electrons. The van der Waals surface area contributed by atoms with E-state index in [9.17, 15) is 4.79 Å². The van der Waals surface area contributed by atoms with Crippen molar-refractivity contribution in [3.05, 3.63) is 90.1 Å². The molecular formula is C26H23N3O. The number of hydrogen-bond donors (Lipinski definition) is 1. The van der Waals surface area contributed by atoms with E-state index in [4.69, 9.17) is 5.26 Å². The molecule has 0 unspecified atom stereocenters. The van der Waals surface area contributed by atoms with Crippen LogP contribution in [-0.2, 0) is 11.3 Å². The van der Waals surface area contributed by atoms with Crippen molar-refractivity contribution in [2.24, 2.45) is 0 Å². The fourth-order valence-corrected chi connectivity index (χ4v) is 3.90. The molecule has 4 nitrogen and oxygen atoms in total. The summed E-state index contributed by atoms with van der Waals surface area (Å²) in [5.74, 6) is -0.135. The van der Waals surface area contributed by atoms with Crippen LogP contribution in [0.5, 0.6) is 0 Å². The summed E-state index contributed by atoms with van der Waals surface area (Å²) in [6, 6.07) is 24.5. The van der Waals surface area contributed by atoms with Crippen molar-refractivity contribution >= 4 is 33.7 Å². The number of nitrogens with one attached hydrogen (secondary N) is 1. The van der Waals surface area contributed by atoms with Crippen molar-refractivity contribution in [3.8, 4) is 6.07 Å². The van der Waals surface area contributed by atoms with E-state index >= 15 is 0 Å². The lowest BCUT2D eigenvalue weighted by Gasteiger charge is -2.15. The Hall–Kier alpha value is -3.84. The number of carbonyl (C=O) groups is 1. The number of nitrogens with zero attached hydrogens (tertiary/aromatic N) is 2. The summed E-state index contributed by atoms with van der Waals surface area (Å²) in [6.45, 7) is 2.64. The molecule has 0 spiro atoms. The van der Waals surface area contributed by atoms with Gasteiger partial charge in [0.05, 0.1) is 18.5 Å². The zero-order valence-electron chi connectivity index (χ0n) is 16.9. The summed E-state index contributed by atoms with van der Waals surface area (Å²) < 4.78 is 2.06. The average Bonchev–Trinajstić information content (AvgIpc) is 3.13. The van der Waals surface area contributed by atoms with Crippen LogP contribution < -0.4 is 5.32 Å². The Kier molecular flexibility index (Phi) is 5.63. The third-order valence-corrected chi connectivity index (χ3v) is 5.35. The highest BCUT2D eigenvalue weighted by Gasteiger charge is 2.11. The second-order valence-electron chi connectivity index (χ2n) is 7.34. The highest BCUT2D eigenvalue weighted by atomic mass is 16.1. The maximum atomic E-state index is 12.6. The molecule has 4 aromatic rings. The summed E-state index contributed by atoms with van der Waals surface area (Å²) in [4.78, 5) is 12.6. The Bertz CT molecular complexity index is 1270. The summed E-state index contributed by atoms with van der Waals surface area (Å²) in [5.41, 5.74) is 3.14. The third kappa shape index (κ3) is 3.97. The van der Waals surface area contributed by atoms with Gasteiger partial charge < -0.3 is 9.88 Å². The van der Waals surface area contributed by atoms with Crippen molar-refractivity contribution in [3.63, 3.8) is 0 Å². The maximum Gasteiger partial charge on any atom is 0.244 e. The monoisotopic (exact) mass is 393 g/mol. The number of nitriles is 1. The summed E-state index contributed by atoms with van der Waals surface area (Å²) in [7, 11) is 0. The minimum absolute atomic E-state index is 0.106. The topological polar surface area (TPSA) is 57.8 Å². The first kappa shape index (κ1) is 19.5. The Balaban J connectivity index is 1.53. The summed E-state index contributed by atoms with van der Waals surface area (Å²) >= 11 is 0. The highest BCUT2D eigenvalue weighted by molar-refractivity contribution is 5.97. The average molecular weight is 393 g/mol. The first-order valence-electron chi connectivity index (χ1n) is 10.1. The Morgan fingerprint density at radius 3 is 2.63 bits per heavy atom. The van der Waals surface area contributed by atoms with Crippen LogP contribution >= 0.6 is 0 Å². The number of amides is 1. The molecule has 1 aromatic heterocycles. The maximum absolute atomic E-state index is 12.6. The van der Waals surface area contributed by atoms with Crippen molar-refractivity contribution in [2.75, 3.05) is 0 Å². The predicted molar refractivity (Wildman–Crippen MR) is 122 cm³/mol. The largest absolute Gasteiger partial charge is 0.346 e. The standard InChI is InChI=1S/C26H23N3O/c1-19(22-12-6-9-20-8-2-3-10-23(20)22)28-26(30)15-14-21-18-29(17-7-16-27)25-13-5-4-11-24(21)25/h2-6,8-15,18-19H,7,17H2,1H3,(H,28,30)/b15-14+/t19-/m0/s1. The van der Waals surface area contributed by atoms with Crippen molar-refractivity contribution in [1.82, 2.24) is 9.88 Å². The quantitative estimate of drug-likeness (QED) is 0.434. The van der Waals surface area contributed by atoms with E-state index in [1.807, 2.05) is 61.7 Å². The van der Waals surface area contributed by atoms with Gasteiger partial charge in [-0.1, -0.05) is 60.7 Å². The molecule has 1 N–H and O–H groups in total. The van der Waals surface area contributed by atoms with Crippen LogP contribution in [0.3, 0.4) is 0 Å². The number of rotatable bonds is 6. The predicted octanol–water partition coefficient (Wildman–Crippen LogP) is 5.60. The van der Waals surface area contributed by atoms with E-state index in [0.717, 1.165) is 32.8 Å². The smallest absolute Gasteiger partial charge is 0.244 e. The minimum Gasteiger partial charge on any atom is -0.346 e. The molecule has 0 radical (unpaired) electrons. The van der Waals surface area contributed by atoms with Gasteiger partial charge in [0.15, 0.2) is 0 Å². The number of aromatic nitrogens is 1. The van der Waals surface area contributed by atoms with E-state index in [0.29, 0.717) is 13.0 Å². The van der Waals surface area contributed by atoms with Crippen molar-refractivity contribution < 1.29 is 4.79 Å². The first-order valence-corrected chi connectivity index (χ1v) is 10.1. The first-order chi connectivity index (χ1) is 14.7. The molecule has 1 heterocycles. The molecule has 0 saturated heterocycles. The van der Waals surface area contributed by atoms with Gasteiger partial charge >= 0.3 is 0 Å². The van der Waals surface area contributed by atoms with E-state index < -0.39 is 0 Å². The van der Waals surface area contributed by atoms with E-state index in [1.165, 1.54) is 0 Å². The van der Waals surface area contributed by atoms with Gasteiger partial charge in [0.2, 0.25) is 5.91 Å². The van der Waals surface area contributed by atoms with Gasteiger partial charge in [-0.25, -0.2) is 0 Å². The summed E-state index contributed by atoms with van der Waals surface area (Å²) in [5, 5.41) is 15.4. The van der Waals surface area contributed by atoms with Gasteiger partial charge in [-0.2, -0.15) is 5.26 Å². The lowest BCUT2D eigenvalue weighted by Crippen LogP contribution is -2.24. The fraction of sp³-hybridized carbons (Fsp3) is 0.154. The molecule has 4 heteroatoms. The Morgan fingerprint density at radius 1 is 1.07 bits per heavy atom. The SMILES string of the molecule is C[C@H](NC(=O)/C=C/c1cn(CCC#N)c2ccccc12)c1cccc2ccccc12. The lowest BCUT2D eigenvalue weighted by molar-refractivity contribution is -0.117.